The van der Waals surface area contributed by atoms with E-state index in [1.165, 1.54) is 0 Å². The predicted octanol–water partition coefficient (Wildman–Crippen LogP) is -1.49. The summed E-state index contributed by atoms with van der Waals surface area (Å²) in [4.78, 5) is 20.8. The fraction of sp³-hybridized carbons (Fsp3) is 0.600. The number of rotatable bonds is 1. The van der Waals surface area contributed by atoms with E-state index in [4.69, 9.17) is 5.11 Å². The second-order valence-corrected chi connectivity index (χ2v) is 2.04. The largest absolute Gasteiger partial charge is 0.479 e. The van der Waals surface area contributed by atoms with Crippen molar-refractivity contribution >= 4 is 11.9 Å². The minimum absolute atomic E-state index is 0.217. The molecule has 1 saturated heterocycles. The maximum absolute atomic E-state index is 10.6. The van der Waals surface area contributed by atoms with Crippen molar-refractivity contribution in [3.63, 3.8) is 0 Å². The van der Waals surface area contributed by atoms with Gasteiger partial charge < -0.3 is 10.4 Å². The van der Waals surface area contributed by atoms with E-state index < -0.39 is 12.1 Å². The van der Waals surface area contributed by atoms with Crippen LogP contribution >= 0.6 is 0 Å². The summed E-state index contributed by atoms with van der Waals surface area (Å²) in [5, 5.41) is 13.3. The first-order valence-corrected chi connectivity index (χ1v) is 2.95. The lowest BCUT2D eigenvalue weighted by Gasteiger charge is -2.20. The Morgan fingerprint density at radius 3 is 2.80 bits per heavy atom. The van der Waals surface area contributed by atoms with Gasteiger partial charge in [0.15, 0.2) is 6.17 Å². The van der Waals surface area contributed by atoms with Gasteiger partial charge in [0.05, 0.1) is 0 Å². The van der Waals surface area contributed by atoms with Crippen LogP contribution in [0.25, 0.3) is 0 Å². The third kappa shape index (κ3) is 1.44. The molecule has 1 rings (SSSR count). The molecule has 1 aliphatic rings. The van der Waals surface area contributed by atoms with E-state index in [1.807, 2.05) is 0 Å². The van der Waals surface area contributed by atoms with Gasteiger partial charge in [0, 0.05) is 13.0 Å². The molecule has 1 fully saturated rings. The number of hydrogen-bond donors (Lipinski definition) is 3. The van der Waals surface area contributed by atoms with E-state index in [0.717, 1.165) is 0 Å². The van der Waals surface area contributed by atoms with Crippen molar-refractivity contribution in [2.45, 2.75) is 12.6 Å². The van der Waals surface area contributed by atoms with E-state index in [2.05, 4.69) is 10.6 Å². The van der Waals surface area contributed by atoms with Gasteiger partial charge in [-0.15, -0.1) is 0 Å². The molecular formula is C5H8N2O3. The monoisotopic (exact) mass is 144 g/mol. The highest BCUT2D eigenvalue weighted by Gasteiger charge is 2.22. The van der Waals surface area contributed by atoms with Gasteiger partial charge in [-0.1, -0.05) is 0 Å². The summed E-state index contributed by atoms with van der Waals surface area (Å²) in [6.45, 7) is 0.433. The molecule has 5 heteroatoms. The van der Waals surface area contributed by atoms with E-state index in [9.17, 15) is 9.59 Å². The second kappa shape index (κ2) is 2.66. The number of hydrogen-bond acceptors (Lipinski definition) is 3. The summed E-state index contributed by atoms with van der Waals surface area (Å²) in [5.41, 5.74) is 0. The molecule has 0 aromatic rings. The average Bonchev–Trinajstić information content (AvgIpc) is 1.88. The fourth-order valence-corrected chi connectivity index (χ4v) is 0.763. The predicted molar refractivity (Wildman–Crippen MR) is 32.2 cm³/mol. The lowest BCUT2D eigenvalue weighted by atomic mass is 10.3. The van der Waals surface area contributed by atoms with Crippen LogP contribution in [0.2, 0.25) is 0 Å². The zero-order chi connectivity index (χ0) is 7.56. The lowest BCUT2D eigenvalue weighted by molar-refractivity contribution is -0.144. The van der Waals surface area contributed by atoms with Crippen LogP contribution < -0.4 is 10.6 Å². The van der Waals surface area contributed by atoms with E-state index in [-0.39, 0.29) is 5.91 Å². The van der Waals surface area contributed by atoms with Crippen molar-refractivity contribution in [1.29, 1.82) is 0 Å². The summed E-state index contributed by atoms with van der Waals surface area (Å²) < 4.78 is 0. The summed E-state index contributed by atoms with van der Waals surface area (Å²) in [5.74, 6) is -1.26. The van der Waals surface area contributed by atoms with Crippen LogP contribution in [0.3, 0.4) is 0 Å². The Hall–Kier alpha value is -1.10. The molecule has 5 nitrogen and oxygen atoms in total. The quantitative estimate of drug-likeness (QED) is 0.419. The Bertz CT molecular complexity index is 166. The van der Waals surface area contributed by atoms with Crippen molar-refractivity contribution in [3.05, 3.63) is 0 Å². The van der Waals surface area contributed by atoms with Gasteiger partial charge in [0.25, 0.3) is 0 Å². The van der Waals surface area contributed by atoms with Crippen LogP contribution in [0.1, 0.15) is 6.42 Å². The van der Waals surface area contributed by atoms with Gasteiger partial charge in [-0.3, -0.25) is 10.1 Å². The molecule has 1 atom stereocenters. The molecule has 3 N–H and O–H groups in total. The molecule has 0 bridgehead atoms. The lowest BCUT2D eigenvalue weighted by Crippen LogP contribution is -2.55. The molecule has 0 aliphatic carbocycles. The van der Waals surface area contributed by atoms with Gasteiger partial charge in [-0.25, -0.2) is 4.79 Å². The molecule has 0 aromatic carbocycles. The van der Waals surface area contributed by atoms with E-state index >= 15 is 0 Å². The Balaban J connectivity index is 2.47. The molecule has 56 valence electrons. The smallest absolute Gasteiger partial charge is 0.341 e. The van der Waals surface area contributed by atoms with E-state index in [0.29, 0.717) is 13.0 Å². The molecule has 0 aromatic heterocycles. The third-order valence-corrected chi connectivity index (χ3v) is 1.25. The molecule has 0 saturated carbocycles. The van der Waals surface area contributed by atoms with Gasteiger partial charge in [0.2, 0.25) is 5.91 Å². The van der Waals surface area contributed by atoms with Gasteiger partial charge in [-0.2, -0.15) is 0 Å². The SMILES string of the molecule is O=C1CCNC(C(=O)O)N1. The fourth-order valence-electron chi connectivity index (χ4n) is 0.763. The van der Waals surface area contributed by atoms with Crippen LogP contribution in [-0.4, -0.2) is 29.7 Å². The maximum atomic E-state index is 10.6. The molecule has 1 aliphatic heterocycles. The standard InChI is InChI=1S/C5H8N2O3/c8-3-1-2-6-4(7-3)5(9)10/h4,6H,1-2H2,(H,7,8)(H,9,10). The Morgan fingerprint density at radius 2 is 2.40 bits per heavy atom. The highest BCUT2D eigenvalue weighted by Crippen LogP contribution is 1.89. The zero-order valence-electron chi connectivity index (χ0n) is 5.26. The minimum atomic E-state index is -1.05. The van der Waals surface area contributed by atoms with Crippen LogP contribution in [0.15, 0.2) is 0 Å². The number of carboxylic acid groups (broad SMARTS) is 1. The van der Waals surface area contributed by atoms with E-state index in [1.54, 1.807) is 0 Å². The van der Waals surface area contributed by atoms with Crippen LogP contribution in [-0.2, 0) is 9.59 Å². The van der Waals surface area contributed by atoms with Crippen molar-refractivity contribution in [2.24, 2.45) is 0 Å². The van der Waals surface area contributed by atoms with Crippen LogP contribution in [0.5, 0.6) is 0 Å². The molecule has 0 radical (unpaired) electrons. The number of amides is 1. The van der Waals surface area contributed by atoms with Crippen LogP contribution in [0, 0.1) is 0 Å². The number of aliphatic carboxylic acids is 1. The average molecular weight is 144 g/mol. The van der Waals surface area contributed by atoms with Gasteiger partial charge >= 0.3 is 5.97 Å². The Morgan fingerprint density at radius 1 is 1.70 bits per heavy atom. The molecule has 1 heterocycles. The van der Waals surface area contributed by atoms with Crippen molar-refractivity contribution in [3.8, 4) is 0 Å². The maximum Gasteiger partial charge on any atom is 0.341 e. The first kappa shape index (κ1) is 7.01. The number of carbonyl (C=O) groups is 2. The number of carbonyl (C=O) groups excluding carboxylic acids is 1. The Labute approximate surface area is 57.4 Å². The summed E-state index contributed by atoms with van der Waals surface area (Å²) in [6, 6.07) is 0. The number of carboxylic acids is 1. The van der Waals surface area contributed by atoms with Gasteiger partial charge in [-0.05, 0) is 0 Å². The normalized spacial score (nSPS) is 25.6. The highest BCUT2D eigenvalue weighted by molar-refractivity contribution is 5.84. The van der Waals surface area contributed by atoms with Gasteiger partial charge in [0.1, 0.15) is 0 Å². The van der Waals surface area contributed by atoms with Crippen molar-refractivity contribution in [1.82, 2.24) is 10.6 Å². The Kier molecular flexibility index (Phi) is 1.86. The minimum Gasteiger partial charge on any atom is -0.479 e. The second-order valence-electron chi connectivity index (χ2n) is 2.04. The molecule has 1 unspecified atom stereocenters. The zero-order valence-corrected chi connectivity index (χ0v) is 5.26. The highest BCUT2D eigenvalue weighted by atomic mass is 16.4. The summed E-state index contributed by atoms with van der Waals surface area (Å²) >= 11 is 0. The molecule has 1 amide bonds. The summed E-state index contributed by atoms with van der Waals surface area (Å²) in [7, 11) is 0. The third-order valence-electron chi connectivity index (χ3n) is 1.25. The first-order valence-electron chi connectivity index (χ1n) is 2.95. The molecular weight excluding hydrogens is 136 g/mol. The number of nitrogens with one attached hydrogen (secondary N) is 2. The van der Waals surface area contributed by atoms with Crippen molar-refractivity contribution in [2.75, 3.05) is 6.54 Å². The first-order chi connectivity index (χ1) is 4.70. The summed E-state index contributed by atoms with van der Waals surface area (Å²) in [6.07, 6.45) is -0.551. The topological polar surface area (TPSA) is 78.4 Å². The van der Waals surface area contributed by atoms with Crippen LogP contribution in [0.4, 0.5) is 0 Å². The van der Waals surface area contributed by atoms with Crippen molar-refractivity contribution < 1.29 is 14.7 Å². The molecule has 0 spiro atoms. The molecule has 10 heavy (non-hydrogen) atoms.